The number of nitrogens with one attached hydrogen (secondary N) is 1. The number of rotatable bonds is 10. The van der Waals surface area contributed by atoms with Gasteiger partial charge in [0.2, 0.25) is 5.91 Å². The van der Waals surface area contributed by atoms with Gasteiger partial charge in [0, 0.05) is 40.4 Å². The van der Waals surface area contributed by atoms with Crippen molar-refractivity contribution in [2.24, 2.45) is 5.41 Å². The van der Waals surface area contributed by atoms with Gasteiger partial charge in [0.1, 0.15) is 18.2 Å². The van der Waals surface area contributed by atoms with Gasteiger partial charge in [0.25, 0.3) is 5.91 Å². The van der Waals surface area contributed by atoms with Crippen LogP contribution in [-0.2, 0) is 19.1 Å². The number of aliphatic hydroxyl groups excluding tert-OH is 1. The summed E-state index contributed by atoms with van der Waals surface area (Å²) in [5.74, 6) is -1.57. The molecule has 1 aliphatic heterocycles. The van der Waals surface area contributed by atoms with Crippen LogP contribution in [0.3, 0.4) is 0 Å². The summed E-state index contributed by atoms with van der Waals surface area (Å²) in [6.45, 7) is 4.86. The fourth-order valence-corrected chi connectivity index (χ4v) is 4.42. The van der Waals surface area contributed by atoms with Crippen LogP contribution in [0.2, 0.25) is 5.02 Å². The molecule has 2 amide bonds. The third-order valence-electron chi connectivity index (χ3n) is 6.25. The van der Waals surface area contributed by atoms with Crippen LogP contribution in [0.5, 0.6) is 11.5 Å². The van der Waals surface area contributed by atoms with Crippen LogP contribution < -0.4 is 19.7 Å². The highest BCUT2D eigenvalue weighted by Gasteiger charge is 2.40. The molecule has 0 spiro atoms. The Balaban J connectivity index is 2.19. The summed E-state index contributed by atoms with van der Waals surface area (Å²) in [6, 6.07) is 9.10. The Kier molecular flexibility index (Phi) is 9.24. The minimum absolute atomic E-state index is 0.117. The standard InChI is InChI=1S/C27H33ClN2O8/c1-15(26(34)35)29-22(32)12-21-25(33)30(13-27(2,3)14-31)19-10-9-16(28)11-18(19)23(38-21)17-7-6-8-20(36-4)24(17)37-5/h6-11,15,21,23,31H,12-14H2,1-5H3,(H,29,32)(H,34,35)/t15-,21+,23+/m0/s1. The van der Waals surface area contributed by atoms with Gasteiger partial charge in [-0.15, -0.1) is 0 Å². The fraction of sp³-hybridized carbons (Fsp3) is 0.444. The number of ether oxygens (including phenoxy) is 3. The van der Waals surface area contributed by atoms with Crippen molar-refractivity contribution >= 4 is 35.1 Å². The van der Waals surface area contributed by atoms with Crippen molar-refractivity contribution in [2.75, 3.05) is 32.3 Å². The third-order valence-corrected chi connectivity index (χ3v) is 6.49. The summed E-state index contributed by atoms with van der Waals surface area (Å²) in [4.78, 5) is 39.5. The molecule has 0 unspecified atom stereocenters. The summed E-state index contributed by atoms with van der Waals surface area (Å²) in [6.07, 6.45) is -2.64. The van der Waals surface area contributed by atoms with E-state index in [1.54, 1.807) is 50.2 Å². The maximum atomic E-state index is 13.9. The van der Waals surface area contributed by atoms with Crippen LogP contribution in [0.1, 0.15) is 44.4 Å². The number of carbonyl (C=O) groups is 3. The number of carbonyl (C=O) groups excluding carboxylic acids is 2. The number of amides is 2. The molecular weight excluding hydrogens is 516 g/mol. The predicted molar refractivity (Wildman–Crippen MR) is 141 cm³/mol. The molecule has 206 valence electrons. The molecule has 3 rings (SSSR count). The number of fused-ring (bicyclic) bond motifs is 1. The highest BCUT2D eigenvalue weighted by molar-refractivity contribution is 6.30. The van der Waals surface area contributed by atoms with Crippen LogP contribution in [0.25, 0.3) is 0 Å². The normalized spacial score (nSPS) is 18.3. The Morgan fingerprint density at radius 3 is 2.50 bits per heavy atom. The molecule has 0 saturated heterocycles. The second-order valence-corrected chi connectivity index (χ2v) is 10.3. The van der Waals surface area contributed by atoms with E-state index in [1.807, 2.05) is 0 Å². The summed E-state index contributed by atoms with van der Waals surface area (Å²) < 4.78 is 17.5. The molecule has 2 aromatic carbocycles. The zero-order valence-corrected chi connectivity index (χ0v) is 22.7. The molecule has 0 fully saturated rings. The monoisotopic (exact) mass is 548 g/mol. The number of aliphatic hydroxyl groups is 1. The zero-order valence-electron chi connectivity index (χ0n) is 22.0. The number of para-hydroxylation sites is 1. The number of benzene rings is 2. The van der Waals surface area contributed by atoms with Crippen molar-refractivity contribution in [2.45, 2.75) is 45.4 Å². The second-order valence-electron chi connectivity index (χ2n) is 9.87. The van der Waals surface area contributed by atoms with Gasteiger partial charge in [-0.2, -0.15) is 0 Å². The average molecular weight is 549 g/mol. The Morgan fingerprint density at radius 2 is 1.89 bits per heavy atom. The van der Waals surface area contributed by atoms with E-state index in [2.05, 4.69) is 5.32 Å². The van der Waals surface area contributed by atoms with Gasteiger partial charge in [-0.05, 0) is 31.2 Å². The topological polar surface area (TPSA) is 135 Å². The Bertz CT molecular complexity index is 1200. The highest BCUT2D eigenvalue weighted by atomic mass is 35.5. The largest absolute Gasteiger partial charge is 0.493 e. The fourth-order valence-electron chi connectivity index (χ4n) is 4.24. The summed E-state index contributed by atoms with van der Waals surface area (Å²) in [7, 11) is 2.98. The first kappa shape index (κ1) is 29.2. The molecule has 0 saturated carbocycles. The van der Waals surface area contributed by atoms with E-state index in [0.717, 1.165) is 0 Å². The van der Waals surface area contributed by atoms with Crippen molar-refractivity contribution in [1.82, 2.24) is 5.32 Å². The number of halogens is 1. The van der Waals surface area contributed by atoms with Gasteiger partial charge in [-0.3, -0.25) is 14.4 Å². The van der Waals surface area contributed by atoms with Gasteiger partial charge in [0.15, 0.2) is 11.5 Å². The lowest BCUT2D eigenvalue weighted by molar-refractivity contribution is -0.143. The van der Waals surface area contributed by atoms with Crippen molar-refractivity contribution in [3.05, 3.63) is 52.5 Å². The third kappa shape index (κ3) is 6.38. The molecule has 0 aliphatic carbocycles. The van der Waals surface area contributed by atoms with Crippen LogP contribution in [-0.4, -0.2) is 67.5 Å². The Labute approximate surface area is 226 Å². The van der Waals surface area contributed by atoms with E-state index in [9.17, 15) is 24.6 Å². The second kappa shape index (κ2) is 12.0. The highest BCUT2D eigenvalue weighted by Crippen LogP contribution is 2.45. The molecule has 1 aliphatic rings. The number of hydrogen-bond acceptors (Lipinski definition) is 7. The van der Waals surface area contributed by atoms with Gasteiger partial charge in [-0.1, -0.05) is 37.6 Å². The first-order valence-electron chi connectivity index (χ1n) is 12.0. The zero-order chi connectivity index (χ0) is 28.2. The molecule has 2 aromatic rings. The van der Waals surface area contributed by atoms with Crippen LogP contribution in [0.4, 0.5) is 5.69 Å². The lowest BCUT2D eigenvalue weighted by Crippen LogP contribution is -2.47. The molecule has 10 nitrogen and oxygen atoms in total. The molecule has 0 aromatic heterocycles. The van der Waals surface area contributed by atoms with Crippen LogP contribution >= 0.6 is 11.6 Å². The minimum Gasteiger partial charge on any atom is -0.493 e. The first-order chi connectivity index (χ1) is 17.9. The SMILES string of the molecule is COc1cccc([C@H]2O[C@H](CC(=O)N[C@@H](C)C(=O)O)C(=O)N(CC(C)(C)CO)c3ccc(Cl)cc32)c1OC. The quantitative estimate of drug-likeness (QED) is 0.412. The first-order valence-corrected chi connectivity index (χ1v) is 12.4. The van der Waals surface area contributed by atoms with E-state index in [1.165, 1.54) is 26.0 Å². The van der Waals surface area contributed by atoms with E-state index >= 15 is 0 Å². The van der Waals surface area contributed by atoms with Crippen molar-refractivity contribution in [1.29, 1.82) is 0 Å². The lowest BCUT2D eigenvalue weighted by Gasteiger charge is -2.32. The van der Waals surface area contributed by atoms with Crippen molar-refractivity contribution in [3.8, 4) is 11.5 Å². The smallest absolute Gasteiger partial charge is 0.325 e. The molecule has 3 atom stereocenters. The summed E-state index contributed by atoms with van der Waals surface area (Å²) in [5, 5.41) is 21.9. The number of carboxylic acids is 1. The minimum atomic E-state index is -1.29. The molecule has 3 N–H and O–H groups in total. The Morgan fingerprint density at radius 1 is 1.18 bits per heavy atom. The summed E-state index contributed by atoms with van der Waals surface area (Å²) in [5.41, 5.74) is 0.895. The number of aliphatic carboxylic acids is 1. The van der Waals surface area contributed by atoms with Gasteiger partial charge < -0.3 is 34.6 Å². The molecule has 38 heavy (non-hydrogen) atoms. The molecule has 0 radical (unpaired) electrons. The van der Waals surface area contributed by atoms with Crippen molar-refractivity contribution < 1.29 is 38.8 Å². The van der Waals surface area contributed by atoms with E-state index in [-0.39, 0.29) is 13.2 Å². The maximum absolute atomic E-state index is 13.9. The molecular formula is C27H33ClN2O8. The predicted octanol–water partition coefficient (Wildman–Crippen LogP) is 3.18. The molecule has 1 heterocycles. The Hall–Kier alpha value is -3.34. The number of methoxy groups -OCH3 is 2. The van der Waals surface area contributed by atoms with Gasteiger partial charge >= 0.3 is 5.97 Å². The number of carboxylic acid groups (broad SMARTS) is 1. The van der Waals surface area contributed by atoms with Crippen LogP contribution in [0, 0.1) is 5.41 Å². The van der Waals surface area contributed by atoms with E-state index < -0.39 is 47.9 Å². The number of anilines is 1. The van der Waals surface area contributed by atoms with Crippen molar-refractivity contribution in [3.63, 3.8) is 0 Å². The molecule has 11 heteroatoms. The van der Waals surface area contributed by atoms with E-state index in [0.29, 0.717) is 33.3 Å². The molecule has 0 bridgehead atoms. The summed E-state index contributed by atoms with van der Waals surface area (Å²) >= 11 is 6.39. The van der Waals surface area contributed by atoms with Gasteiger partial charge in [0.05, 0.1) is 20.6 Å². The van der Waals surface area contributed by atoms with Crippen LogP contribution in [0.15, 0.2) is 36.4 Å². The van der Waals surface area contributed by atoms with Gasteiger partial charge in [-0.25, -0.2) is 0 Å². The number of hydrogen-bond donors (Lipinski definition) is 3. The number of nitrogens with zero attached hydrogens (tertiary/aromatic N) is 1. The van der Waals surface area contributed by atoms with E-state index in [4.69, 9.17) is 25.8 Å². The average Bonchev–Trinajstić information content (AvgIpc) is 2.98. The maximum Gasteiger partial charge on any atom is 0.325 e. The lowest BCUT2D eigenvalue weighted by atomic mass is 9.92.